The molecule has 1 aromatic carbocycles. The Hall–Kier alpha value is -2.47. The van der Waals surface area contributed by atoms with Crippen LogP contribution < -0.4 is 19.5 Å². The molecule has 0 bridgehead atoms. The number of aromatic nitrogens is 1. The molecule has 2 aromatic rings. The van der Waals surface area contributed by atoms with Crippen molar-refractivity contribution in [2.75, 3.05) is 33.6 Å². The number of ether oxygens (including phenoxy) is 3. The van der Waals surface area contributed by atoms with Crippen molar-refractivity contribution in [1.82, 2.24) is 10.3 Å². The Morgan fingerprint density at radius 3 is 2.34 bits per heavy atom. The molecule has 160 valence electrons. The number of rotatable bonds is 10. The van der Waals surface area contributed by atoms with Crippen molar-refractivity contribution < 1.29 is 37.1 Å². The molecule has 2 rings (SSSR count). The van der Waals surface area contributed by atoms with E-state index in [0.717, 1.165) is 0 Å². The lowest BCUT2D eigenvalue weighted by Gasteiger charge is -2.16. The predicted octanol–water partition coefficient (Wildman–Crippen LogP) is 2.04. The van der Waals surface area contributed by atoms with Gasteiger partial charge in [-0.25, -0.2) is 4.79 Å². The van der Waals surface area contributed by atoms with Gasteiger partial charge in [-0.1, -0.05) is 11.6 Å². The van der Waals surface area contributed by atoms with Crippen molar-refractivity contribution in [3.63, 3.8) is 0 Å². The van der Waals surface area contributed by atoms with Gasteiger partial charge in [0, 0.05) is 29.9 Å². The lowest BCUT2D eigenvalue weighted by molar-refractivity contribution is 0.0691. The Morgan fingerprint density at radius 1 is 1.17 bits per heavy atom. The first-order valence-electron chi connectivity index (χ1n) is 8.23. The van der Waals surface area contributed by atoms with Crippen LogP contribution in [0.4, 0.5) is 0 Å². The molecule has 0 aliphatic rings. The van der Waals surface area contributed by atoms with Gasteiger partial charge >= 0.3 is 5.97 Å². The number of methoxy groups -OCH3 is 3. The fourth-order valence-electron chi connectivity index (χ4n) is 2.80. The second-order valence-corrected chi connectivity index (χ2v) is 7.77. The van der Waals surface area contributed by atoms with Crippen LogP contribution >= 0.6 is 11.6 Å². The van der Waals surface area contributed by atoms with E-state index in [1.807, 2.05) is 0 Å². The van der Waals surface area contributed by atoms with E-state index in [-0.39, 0.29) is 29.6 Å². The number of carboxylic acids is 1. The molecule has 0 spiro atoms. The summed E-state index contributed by atoms with van der Waals surface area (Å²) in [5.74, 6) is -0.774. The first kappa shape index (κ1) is 22.8. The molecule has 0 unspecified atom stereocenters. The average Bonchev–Trinajstić information content (AvgIpc) is 2.99. The molecule has 0 radical (unpaired) electrons. The van der Waals surface area contributed by atoms with E-state index >= 15 is 0 Å². The molecular formula is C17H21ClN2O8S. The van der Waals surface area contributed by atoms with E-state index in [1.54, 1.807) is 12.1 Å². The lowest BCUT2D eigenvalue weighted by Crippen LogP contribution is -2.22. The van der Waals surface area contributed by atoms with Crippen LogP contribution in [0.25, 0.3) is 11.1 Å². The topological polar surface area (TPSA) is 147 Å². The fraction of sp³-hybridized carbons (Fsp3) is 0.353. The first-order chi connectivity index (χ1) is 13.6. The van der Waals surface area contributed by atoms with Crippen LogP contribution in [0.15, 0.2) is 12.1 Å². The smallest absolute Gasteiger partial charge is 0.353 e. The van der Waals surface area contributed by atoms with Crippen molar-refractivity contribution in [2.45, 2.75) is 6.54 Å². The molecule has 0 atom stereocenters. The summed E-state index contributed by atoms with van der Waals surface area (Å²) in [5.41, 5.74) is 0.949. The van der Waals surface area contributed by atoms with Crippen LogP contribution in [0, 0.1) is 0 Å². The summed E-state index contributed by atoms with van der Waals surface area (Å²) in [4.78, 5) is 14.3. The van der Waals surface area contributed by atoms with E-state index in [2.05, 4.69) is 10.3 Å². The molecule has 10 nitrogen and oxygen atoms in total. The quantitative estimate of drug-likeness (QED) is 0.316. The molecule has 12 heteroatoms. The zero-order chi connectivity index (χ0) is 21.8. The van der Waals surface area contributed by atoms with Gasteiger partial charge in [0.1, 0.15) is 5.69 Å². The Kier molecular flexibility index (Phi) is 7.36. The summed E-state index contributed by atoms with van der Waals surface area (Å²) in [5, 5.41) is 12.2. The largest absolute Gasteiger partial charge is 0.493 e. The Balaban J connectivity index is 2.55. The zero-order valence-corrected chi connectivity index (χ0v) is 17.5. The van der Waals surface area contributed by atoms with Gasteiger partial charge < -0.3 is 29.6 Å². The number of hydrogen-bond acceptors (Lipinski definition) is 7. The normalized spacial score (nSPS) is 11.3. The fourth-order valence-corrected chi connectivity index (χ4v) is 3.55. The molecule has 0 amide bonds. The van der Waals surface area contributed by atoms with Gasteiger partial charge in [-0.05, 0) is 12.1 Å². The van der Waals surface area contributed by atoms with E-state index in [4.69, 9.17) is 30.4 Å². The minimum absolute atomic E-state index is 0.0467. The van der Waals surface area contributed by atoms with Crippen LogP contribution in [0.3, 0.4) is 0 Å². The van der Waals surface area contributed by atoms with Gasteiger partial charge in [-0.2, -0.15) is 8.42 Å². The molecule has 0 fully saturated rings. The third kappa shape index (κ3) is 5.12. The van der Waals surface area contributed by atoms with E-state index < -0.39 is 21.8 Å². The maximum Gasteiger partial charge on any atom is 0.353 e. The average molecular weight is 449 g/mol. The number of aromatic amines is 1. The summed E-state index contributed by atoms with van der Waals surface area (Å²) in [6.07, 6.45) is 0. The lowest BCUT2D eigenvalue weighted by atomic mass is 10.0. The number of hydrogen-bond donors (Lipinski definition) is 4. The van der Waals surface area contributed by atoms with Crippen molar-refractivity contribution in [3.8, 4) is 28.4 Å². The number of H-pyrrole nitrogens is 1. The van der Waals surface area contributed by atoms with Gasteiger partial charge in [0.15, 0.2) is 11.5 Å². The van der Waals surface area contributed by atoms with Gasteiger partial charge in [0.05, 0.1) is 32.1 Å². The number of carboxylic acid groups (broad SMARTS) is 1. The van der Waals surface area contributed by atoms with E-state index in [9.17, 15) is 18.3 Å². The molecule has 1 aromatic heterocycles. The molecule has 1 heterocycles. The van der Waals surface area contributed by atoms with Crippen molar-refractivity contribution in [3.05, 3.63) is 28.5 Å². The maximum absolute atomic E-state index is 11.5. The molecule has 0 saturated heterocycles. The predicted molar refractivity (Wildman–Crippen MR) is 106 cm³/mol. The summed E-state index contributed by atoms with van der Waals surface area (Å²) in [6, 6.07) is 3.26. The summed E-state index contributed by atoms with van der Waals surface area (Å²) < 4.78 is 46.6. The molecular weight excluding hydrogens is 428 g/mol. The van der Waals surface area contributed by atoms with Crippen LogP contribution in [0.1, 0.15) is 16.2 Å². The van der Waals surface area contributed by atoms with E-state index in [1.165, 1.54) is 21.3 Å². The summed E-state index contributed by atoms with van der Waals surface area (Å²) in [7, 11) is 0.192. The van der Waals surface area contributed by atoms with Crippen molar-refractivity contribution >= 4 is 27.7 Å². The van der Waals surface area contributed by atoms with Gasteiger partial charge in [-0.15, -0.1) is 0 Å². The molecule has 0 aliphatic heterocycles. The maximum atomic E-state index is 11.5. The Bertz CT molecular complexity index is 1000. The first-order valence-corrected chi connectivity index (χ1v) is 10.2. The number of halogens is 1. The molecule has 29 heavy (non-hydrogen) atoms. The zero-order valence-electron chi connectivity index (χ0n) is 15.9. The van der Waals surface area contributed by atoms with Gasteiger partial charge in [0.2, 0.25) is 5.75 Å². The highest BCUT2D eigenvalue weighted by Gasteiger charge is 2.26. The highest BCUT2D eigenvalue weighted by molar-refractivity contribution is 7.85. The second kappa shape index (κ2) is 9.35. The Labute approximate surface area is 172 Å². The third-order valence-corrected chi connectivity index (χ3v) is 5.14. The second-order valence-electron chi connectivity index (χ2n) is 5.82. The highest BCUT2D eigenvalue weighted by Crippen LogP contribution is 2.47. The Morgan fingerprint density at radius 2 is 1.83 bits per heavy atom. The minimum atomic E-state index is -4.13. The van der Waals surface area contributed by atoms with E-state index in [0.29, 0.717) is 28.3 Å². The van der Waals surface area contributed by atoms with Crippen LogP contribution in [-0.2, 0) is 16.7 Å². The van der Waals surface area contributed by atoms with Crippen molar-refractivity contribution in [2.24, 2.45) is 0 Å². The van der Waals surface area contributed by atoms with Crippen molar-refractivity contribution in [1.29, 1.82) is 0 Å². The summed E-state index contributed by atoms with van der Waals surface area (Å²) >= 11 is 6.34. The number of nitrogens with one attached hydrogen (secondary N) is 2. The molecule has 0 saturated carbocycles. The third-order valence-electron chi connectivity index (χ3n) is 4.04. The highest BCUT2D eigenvalue weighted by atomic mass is 35.5. The molecule has 0 aliphatic carbocycles. The SMILES string of the molecule is COc1ccc(-c2c(CNCCS(=O)(=O)O)[nH]c(C(=O)O)c2Cl)c(OC)c1OC. The number of aromatic carboxylic acids is 1. The van der Waals surface area contributed by atoms with Gasteiger partial charge in [0.25, 0.3) is 10.1 Å². The van der Waals surface area contributed by atoms with Crippen LogP contribution in [-0.4, -0.2) is 62.7 Å². The van der Waals surface area contributed by atoms with Crippen LogP contribution in [0.2, 0.25) is 5.02 Å². The standard InChI is InChI=1S/C17H21ClN2O8S/c1-26-11-5-4-9(15(27-2)16(11)28-3)12-10(8-19-6-7-29(23,24)25)20-14(13(12)18)17(21)22/h4-5,19-20H,6-8H2,1-3H3,(H,21,22)(H,23,24,25). The summed E-state index contributed by atoms with van der Waals surface area (Å²) in [6.45, 7) is -0.00423. The number of benzene rings is 1. The van der Waals surface area contributed by atoms with Gasteiger partial charge in [-0.3, -0.25) is 4.55 Å². The molecule has 4 N–H and O–H groups in total. The van der Waals surface area contributed by atoms with Crippen LogP contribution in [0.5, 0.6) is 17.2 Å². The monoisotopic (exact) mass is 448 g/mol. The minimum Gasteiger partial charge on any atom is -0.493 e. The number of carbonyl (C=O) groups is 1.